The molecule has 1 unspecified atom stereocenters. The van der Waals surface area contributed by atoms with Gasteiger partial charge in [-0.2, -0.15) is 5.26 Å². The normalized spacial score (nSPS) is 29.1. The molecule has 1 aromatic heterocycles. The molecule has 2 heterocycles. The molecule has 0 amide bonds. The van der Waals surface area contributed by atoms with E-state index in [0.717, 1.165) is 36.8 Å². The van der Waals surface area contributed by atoms with E-state index in [4.69, 9.17) is 4.74 Å². The van der Waals surface area contributed by atoms with Crippen molar-refractivity contribution in [1.82, 2.24) is 14.5 Å². The zero-order valence-electron chi connectivity index (χ0n) is 23.4. The largest absolute Gasteiger partial charge is 0.386 e. The highest BCUT2D eigenvalue weighted by atomic mass is 16.7. The molecule has 3 atom stereocenters. The van der Waals surface area contributed by atoms with Crippen LogP contribution in [0, 0.1) is 22.2 Å². The maximum atomic E-state index is 11.1. The van der Waals surface area contributed by atoms with Crippen molar-refractivity contribution in [2.45, 2.75) is 84.0 Å². The SMILES string of the molecule is C=C/C=C(/C=N\C(=C/C)N1C[C@@]2(CCC3(CC3)[C@](C)(Cn3cnc4ccc(C#N)cc43)C2)OC1O)C(C)(C)O. The van der Waals surface area contributed by atoms with E-state index in [2.05, 4.69) is 34.1 Å². The number of hydrogen-bond acceptors (Lipinski definition) is 7. The van der Waals surface area contributed by atoms with Gasteiger partial charge >= 0.3 is 0 Å². The van der Waals surface area contributed by atoms with Crippen molar-refractivity contribution < 1.29 is 14.9 Å². The second-order valence-electron chi connectivity index (χ2n) is 12.3. The summed E-state index contributed by atoms with van der Waals surface area (Å²) in [6.07, 6.45) is 12.7. The van der Waals surface area contributed by atoms with Gasteiger partial charge in [-0.3, -0.25) is 0 Å². The standard InChI is InChI=1S/C31H39N5O3/c1-6-8-23(28(3,4)38)17-33-26(7-2)36-20-31(39-27(36)37)14-13-30(11-12-30)29(5,18-31)19-35-21-34-24-10-9-22(16-32)15-25(24)35/h6-10,15,17,21,27,37-38H,1,11-14,18-20H2,2-5H3/b23-8-,26-7+,33-17-/t27?,29-,31-/m0/s1. The number of hydrogen-bond donors (Lipinski definition) is 2. The molecule has 1 aromatic carbocycles. The quantitative estimate of drug-likeness (QED) is 0.384. The smallest absolute Gasteiger partial charge is 0.239 e. The maximum absolute atomic E-state index is 11.1. The van der Waals surface area contributed by atoms with Crippen molar-refractivity contribution in [3.63, 3.8) is 0 Å². The number of ether oxygens (including phenoxy) is 1. The Kier molecular flexibility index (Phi) is 6.82. The molecule has 0 radical (unpaired) electrons. The molecule has 39 heavy (non-hydrogen) atoms. The molecule has 2 saturated carbocycles. The number of aliphatic hydroxyl groups is 2. The van der Waals surface area contributed by atoms with Crippen molar-refractivity contribution in [2.75, 3.05) is 6.54 Å². The van der Waals surface area contributed by atoms with Gasteiger partial charge in [-0.05, 0) is 88.0 Å². The molecule has 5 rings (SSSR count). The summed E-state index contributed by atoms with van der Waals surface area (Å²) in [4.78, 5) is 11.0. The van der Waals surface area contributed by atoms with Gasteiger partial charge in [0.25, 0.3) is 0 Å². The van der Waals surface area contributed by atoms with Gasteiger partial charge in [-0.15, -0.1) is 0 Å². The predicted molar refractivity (Wildman–Crippen MR) is 151 cm³/mol. The minimum atomic E-state index is -1.10. The van der Waals surface area contributed by atoms with E-state index in [1.54, 1.807) is 38.3 Å². The Hall–Kier alpha value is -3.25. The van der Waals surface area contributed by atoms with E-state index in [1.165, 1.54) is 12.8 Å². The van der Waals surface area contributed by atoms with E-state index in [0.29, 0.717) is 23.5 Å². The van der Waals surface area contributed by atoms with Gasteiger partial charge in [-0.1, -0.05) is 25.7 Å². The zero-order valence-corrected chi connectivity index (χ0v) is 23.4. The number of aromatic nitrogens is 2. The van der Waals surface area contributed by atoms with Crippen LogP contribution in [0.5, 0.6) is 0 Å². The highest BCUT2D eigenvalue weighted by Gasteiger charge is 2.64. The van der Waals surface area contributed by atoms with Crippen LogP contribution in [0.25, 0.3) is 11.0 Å². The topological polar surface area (TPSA) is 107 Å². The lowest BCUT2D eigenvalue weighted by atomic mass is 9.59. The average molecular weight is 530 g/mol. The number of aliphatic hydroxyl groups excluding tert-OH is 1. The fourth-order valence-corrected chi connectivity index (χ4v) is 6.74. The fourth-order valence-electron chi connectivity index (χ4n) is 6.74. The third-order valence-electron chi connectivity index (χ3n) is 9.15. The third-order valence-corrected chi connectivity index (χ3v) is 9.15. The Balaban J connectivity index is 1.40. The van der Waals surface area contributed by atoms with Gasteiger partial charge in [0.05, 0.1) is 46.7 Å². The number of nitriles is 1. The number of fused-ring (bicyclic) bond motifs is 1. The van der Waals surface area contributed by atoms with Crippen LogP contribution >= 0.6 is 0 Å². The molecule has 1 aliphatic heterocycles. The van der Waals surface area contributed by atoms with Gasteiger partial charge in [0.1, 0.15) is 5.82 Å². The monoisotopic (exact) mass is 529 g/mol. The van der Waals surface area contributed by atoms with Gasteiger partial charge in [-0.25, -0.2) is 9.98 Å². The lowest BCUT2D eigenvalue weighted by Gasteiger charge is -2.49. The van der Waals surface area contributed by atoms with E-state index in [9.17, 15) is 15.5 Å². The number of rotatable bonds is 7. The summed E-state index contributed by atoms with van der Waals surface area (Å²) in [5.74, 6) is 0.594. The first-order valence-electron chi connectivity index (χ1n) is 13.7. The van der Waals surface area contributed by atoms with Crippen LogP contribution in [0.4, 0.5) is 0 Å². The molecule has 2 aromatic rings. The first-order chi connectivity index (χ1) is 18.5. The molecule has 2 spiro atoms. The van der Waals surface area contributed by atoms with Crippen molar-refractivity contribution in [3.8, 4) is 6.07 Å². The number of nitrogens with zero attached hydrogens (tertiary/aromatic N) is 5. The highest BCUT2D eigenvalue weighted by molar-refractivity contribution is 5.82. The summed E-state index contributed by atoms with van der Waals surface area (Å²) in [7, 11) is 0. The van der Waals surface area contributed by atoms with Gasteiger partial charge in [0.2, 0.25) is 6.41 Å². The van der Waals surface area contributed by atoms with Crippen LogP contribution in [0.3, 0.4) is 0 Å². The summed E-state index contributed by atoms with van der Waals surface area (Å²) in [6.45, 7) is 12.7. The van der Waals surface area contributed by atoms with Crippen molar-refractivity contribution >= 4 is 17.2 Å². The Morgan fingerprint density at radius 2 is 2.08 bits per heavy atom. The number of benzene rings is 1. The first-order valence-corrected chi connectivity index (χ1v) is 13.7. The molecule has 2 N–H and O–H groups in total. The van der Waals surface area contributed by atoms with Crippen LogP contribution in [-0.4, -0.2) is 55.0 Å². The minimum Gasteiger partial charge on any atom is -0.386 e. The van der Waals surface area contributed by atoms with Gasteiger partial charge in [0, 0.05) is 18.3 Å². The minimum absolute atomic E-state index is 0.0720. The lowest BCUT2D eigenvalue weighted by Crippen LogP contribution is -2.50. The van der Waals surface area contributed by atoms with Crippen LogP contribution in [0.15, 0.2) is 65.7 Å². The van der Waals surface area contributed by atoms with Crippen LogP contribution in [0.1, 0.15) is 65.4 Å². The zero-order chi connectivity index (χ0) is 28.1. The van der Waals surface area contributed by atoms with E-state index < -0.39 is 17.6 Å². The third kappa shape index (κ3) is 4.95. The van der Waals surface area contributed by atoms with Gasteiger partial charge < -0.3 is 24.4 Å². The predicted octanol–water partition coefficient (Wildman–Crippen LogP) is 5.04. The molecule has 0 bridgehead atoms. The average Bonchev–Trinajstić information content (AvgIpc) is 3.50. The van der Waals surface area contributed by atoms with Crippen LogP contribution < -0.4 is 0 Å². The Morgan fingerprint density at radius 1 is 1.33 bits per heavy atom. The summed E-state index contributed by atoms with van der Waals surface area (Å²) in [6, 6.07) is 7.87. The first kappa shape index (κ1) is 27.3. The Bertz CT molecular complexity index is 1400. The summed E-state index contributed by atoms with van der Waals surface area (Å²) >= 11 is 0. The van der Waals surface area contributed by atoms with Crippen molar-refractivity contribution in [2.24, 2.45) is 15.8 Å². The summed E-state index contributed by atoms with van der Waals surface area (Å²) in [5.41, 5.74) is 1.71. The van der Waals surface area contributed by atoms with Crippen LogP contribution in [-0.2, 0) is 11.3 Å². The number of imidazole rings is 1. The van der Waals surface area contributed by atoms with E-state index in [-0.39, 0.29) is 10.8 Å². The highest BCUT2D eigenvalue weighted by Crippen LogP contribution is 2.69. The van der Waals surface area contributed by atoms with E-state index in [1.807, 2.05) is 36.4 Å². The second-order valence-corrected chi connectivity index (χ2v) is 12.3. The molecule has 3 aliphatic rings. The lowest BCUT2D eigenvalue weighted by molar-refractivity contribution is -0.195. The second kappa shape index (κ2) is 9.74. The van der Waals surface area contributed by atoms with Crippen molar-refractivity contribution in [3.05, 3.63) is 66.3 Å². The number of allylic oxidation sites excluding steroid dienone is 3. The Morgan fingerprint density at radius 3 is 2.72 bits per heavy atom. The van der Waals surface area contributed by atoms with E-state index >= 15 is 0 Å². The molecule has 2 aliphatic carbocycles. The van der Waals surface area contributed by atoms with Crippen molar-refractivity contribution in [1.29, 1.82) is 5.26 Å². The molecule has 206 valence electrons. The molecule has 1 saturated heterocycles. The fraction of sp³-hybridized carbons (Fsp3) is 0.516. The maximum Gasteiger partial charge on any atom is 0.239 e. The summed E-state index contributed by atoms with van der Waals surface area (Å²) < 4.78 is 8.57. The molecule has 8 heteroatoms. The van der Waals surface area contributed by atoms with Gasteiger partial charge in [0.15, 0.2) is 0 Å². The summed E-state index contributed by atoms with van der Waals surface area (Å²) in [5, 5.41) is 31.0. The molecule has 3 fully saturated rings. The number of aliphatic imine (C=N–C) groups is 1. The molecule has 8 nitrogen and oxygen atoms in total. The molecular formula is C31H39N5O3. The molecular weight excluding hydrogens is 490 g/mol. The Labute approximate surface area is 230 Å². The van der Waals surface area contributed by atoms with Crippen LogP contribution in [0.2, 0.25) is 0 Å².